The Balaban J connectivity index is 2.25. The standard InChI is InChI=1S/C18H20BrF/c1-3-13-8-9-15(4-2)17(11-13)18(19)12-14-6-5-7-16(20)10-14/h5-11,18H,3-4,12H2,1-2H3. The molecule has 0 bridgehead atoms. The van der Waals surface area contributed by atoms with Crippen LogP contribution in [0, 0.1) is 5.82 Å². The minimum atomic E-state index is -0.166. The first-order valence-corrected chi connectivity index (χ1v) is 8.05. The molecule has 0 saturated heterocycles. The monoisotopic (exact) mass is 334 g/mol. The lowest BCUT2D eigenvalue weighted by molar-refractivity contribution is 0.625. The smallest absolute Gasteiger partial charge is 0.123 e. The van der Waals surface area contributed by atoms with Gasteiger partial charge in [0.2, 0.25) is 0 Å². The van der Waals surface area contributed by atoms with Crippen LogP contribution in [-0.2, 0) is 19.3 Å². The number of rotatable bonds is 5. The number of halogens is 2. The average Bonchev–Trinajstić information content (AvgIpc) is 2.46. The molecule has 2 rings (SSSR count). The molecule has 106 valence electrons. The van der Waals surface area contributed by atoms with Gasteiger partial charge in [-0.25, -0.2) is 4.39 Å². The topological polar surface area (TPSA) is 0 Å². The first kappa shape index (κ1) is 15.2. The summed E-state index contributed by atoms with van der Waals surface area (Å²) in [5, 5.41) is 0. The summed E-state index contributed by atoms with van der Waals surface area (Å²) in [7, 11) is 0. The minimum Gasteiger partial charge on any atom is -0.207 e. The van der Waals surface area contributed by atoms with Crippen LogP contribution in [0.4, 0.5) is 4.39 Å². The molecule has 20 heavy (non-hydrogen) atoms. The molecule has 0 fully saturated rings. The molecule has 0 aromatic heterocycles. The highest BCUT2D eigenvalue weighted by Crippen LogP contribution is 2.31. The third-order valence-electron chi connectivity index (χ3n) is 3.64. The first-order valence-electron chi connectivity index (χ1n) is 7.14. The van der Waals surface area contributed by atoms with E-state index in [1.807, 2.05) is 6.07 Å². The number of alkyl halides is 1. The van der Waals surface area contributed by atoms with Gasteiger partial charge < -0.3 is 0 Å². The van der Waals surface area contributed by atoms with Crippen LogP contribution in [0.1, 0.15) is 40.9 Å². The second-order valence-electron chi connectivity index (χ2n) is 5.04. The molecule has 0 saturated carbocycles. The average molecular weight is 335 g/mol. The van der Waals surface area contributed by atoms with E-state index >= 15 is 0 Å². The van der Waals surface area contributed by atoms with E-state index in [-0.39, 0.29) is 10.6 Å². The van der Waals surface area contributed by atoms with Crippen molar-refractivity contribution in [3.8, 4) is 0 Å². The summed E-state index contributed by atoms with van der Waals surface area (Å²) in [6, 6.07) is 13.5. The summed E-state index contributed by atoms with van der Waals surface area (Å²) < 4.78 is 13.3. The Kier molecular flexibility index (Phi) is 5.36. The van der Waals surface area contributed by atoms with Crippen LogP contribution in [0.5, 0.6) is 0 Å². The Bertz CT molecular complexity index is 577. The van der Waals surface area contributed by atoms with Crippen molar-refractivity contribution in [2.45, 2.75) is 37.9 Å². The van der Waals surface area contributed by atoms with E-state index in [2.05, 4.69) is 48.0 Å². The molecule has 0 N–H and O–H groups in total. The van der Waals surface area contributed by atoms with Crippen LogP contribution >= 0.6 is 15.9 Å². The third-order valence-corrected chi connectivity index (χ3v) is 4.46. The van der Waals surface area contributed by atoms with Gasteiger partial charge in [-0.2, -0.15) is 0 Å². The van der Waals surface area contributed by atoms with E-state index in [1.54, 1.807) is 12.1 Å². The van der Waals surface area contributed by atoms with Crippen molar-refractivity contribution in [3.63, 3.8) is 0 Å². The second-order valence-corrected chi connectivity index (χ2v) is 6.15. The highest BCUT2D eigenvalue weighted by molar-refractivity contribution is 9.09. The zero-order chi connectivity index (χ0) is 14.5. The number of hydrogen-bond acceptors (Lipinski definition) is 0. The fourth-order valence-electron chi connectivity index (χ4n) is 2.46. The van der Waals surface area contributed by atoms with Crippen molar-refractivity contribution in [2.24, 2.45) is 0 Å². The van der Waals surface area contributed by atoms with Crippen LogP contribution in [0.15, 0.2) is 42.5 Å². The fourth-order valence-corrected chi connectivity index (χ4v) is 3.26. The molecule has 0 heterocycles. The zero-order valence-electron chi connectivity index (χ0n) is 12.0. The molecule has 0 radical (unpaired) electrons. The largest absolute Gasteiger partial charge is 0.207 e. The van der Waals surface area contributed by atoms with Gasteiger partial charge in [0, 0.05) is 4.83 Å². The molecule has 2 heteroatoms. The Labute approximate surface area is 129 Å². The Morgan fingerprint density at radius 2 is 1.80 bits per heavy atom. The number of hydrogen-bond donors (Lipinski definition) is 0. The van der Waals surface area contributed by atoms with Crippen molar-refractivity contribution in [3.05, 3.63) is 70.5 Å². The van der Waals surface area contributed by atoms with Crippen LogP contribution < -0.4 is 0 Å². The van der Waals surface area contributed by atoms with Crippen LogP contribution in [0.2, 0.25) is 0 Å². The lowest BCUT2D eigenvalue weighted by atomic mass is 9.95. The predicted molar refractivity (Wildman–Crippen MR) is 87.0 cm³/mol. The molecular weight excluding hydrogens is 315 g/mol. The highest BCUT2D eigenvalue weighted by Gasteiger charge is 2.13. The van der Waals surface area contributed by atoms with E-state index in [9.17, 15) is 4.39 Å². The maximum absolute atomic E-state index is 13.3. The van der Waals surface area contributed by atoms with Crippen LogP contribution in [0.25, 0.3) is 0 Å². The SMILES string of the molecule is CCc1ccc(CC)c(C(Br)Cc2cccc(F)c2)c1. The van der Waals surface area contributed by atoms with Crippen molar-refractivity contribution in [1.29, 1.82) is 0 Å². The number of benzene rings is 2. The summed E-state index contributed by atoms with van der Waals surface area (Å²) in [4.78, 5) is 0.228. The predicted octanol–water partition coefficient (Wildman–Crippen LogP) is 5.63. The molecule has 1 unspecified atom stereocenters. The molecule has 0 aliphatic heterocycles. The van der Waals surface area contributed by atoms with E-state index in [1.165, 1.54) is 22.8 Å². The highest BCUT2D eigenvalue weighted by atomic mass is 79.9. The van der Waals surface area contributed by atoms with E-state index < -0.39 is 0 Å². The first-order chi connectivity index (χ1) is 9.63. The van der Waals surface area contributed by atoms with Gasteiger partial charge in [-0.1, -0.05) is 60.1 Å². The Morgan fingerprint density at radius 1 is 1.00 bits per heavy atom. The zero-order valence-corrected chi connectivity index (χ0v) is 13.6. The van der Waals surface area contributed by atoms with Gasteiger partial charge in [-0.15, -0.1) is 0 Å². The van der Waals surface area contributed by atoms with Gasteiger partial charge >= 0.3 is 0 Å². The second kappa shape index (κ2) is 7.03. The molecule has 1 atom stereocenters. The summed E-state index contributed by atoms with van der Waals surface area (Å²) in [5.41, 5.74) is 5.06. The molecule has 2 aromatic rings. The van der Waals surface area contributed by atoms with Gasteiger partial charge in [0.25, 0.3) is 0 Å². The number of aryl methyl sites for hydroxylation is 2. The van der Waals surface area contributed by atoms with E-state index in [0.717, 1.165) is 24.8 Å². The van der Waals surface area contributed by atoms with Crippen molar-refractivity contribution in [1.82, 2.24) is 0 Å². The van der Waals surface area contributed by atoms with Gasteiger partial charge in [-0.05, 0) is 53.6 Å². The summed E-state index contributed by atoms with van der Waals surface area (Å²) in [6.07, 6.45) is 2.86. The quantitative estimate of drug-likeness (QED) is 0.621. The lowest BCUT2D eigenvalue weighted by Gasteiger charge is -2.16. The van der Waals surface area contributed by atoms with E-state index in [0.29, 0.717) is 0 Å². The third kappa shape index (κ3) is 3.69. The lowest BCUT2D eigenvalue weighted by Crippen LogP contribution is -2.01. The summed E-state index contributed by atoms with van der Waals surface area (Å²) in [5.74, 6) is -0.166. The molecule has 0 nitrogen and oxygen atoms in total. The molecule has 2 aromatic carbocycles. The van der Waals surface area contributed by atoms with Crippen molar-refractivity contribution in [2.75, 3.05) is 0 Å². The van der Waals surface area contributed by atoms with Crippen molar-refractivity contribution < 1.29 is 4.39 Å². The fraction of sp³-hybridized carbons (Fsp3) is 0.333. The maximum atomic E-state index is 13.3. The molecular formula is C18H20BrF. The van der Waals surface area contributed by atoms with Crippen LogP contribution in [-0.4, -0.2) is 0 Å². The van der Waals surface area contributed by atoms with Gasteiger partial charge in [0.1, 0.15) is 5.82 Å². The van der Waals surface area contributed by atoms with Gasteiger partial charge in [0.15, 0.2) is 0 Å². The Hall–Kier alpha value is -1.15. The Morgan fingerprint density at radius 3 is 2.45 bits per heavy atom. The van der Waals surface area contributed by atoms with Crippen molar-refractivity contribution >= 4 is 15.9 Å². The molecule has 0 aliphatic rings. The van der Waals surface area contributed by atoms with Gasteiger partial charge in [-0.3, -0.25) is 0 Å². The van der Waals surface area contributed by atoms with E-state index in [4.69, 9.17) is 0 Å². The summed E-state index contributed by atoms with van der Waals surface area (Å²) in [6.45, 7) is 4.34. The summed E-state index contributed by atoms with van der Waals surface area (Å²) >= 11 is 3.78. The van der Waals surface area contributed by atoms with Crippen LogP contribution in [0.3, 0.4) is 0 Å². The maximum Gasteiger partial charge on any atom is 0.123 e. The van der Waals surface area contributed by atoms with Gasteiger partial charge in [0.05, 0.1) is 0 Å². The normalized spacial score (nSPS) is 12.4. The minimum absolute atomic E-state index is 0.166. The molecule has 0 amide bonds. The molecule has 0 spiro atoms. The molecule has 0 aliphatic carbocycles.